The minimum Gasteiger partial charge on any atom is -0.465 e. The van der Waals surface area contributed by atoms with Gasteiger partial charge in [0.2, 0.25) is 0 Å². The Balaban J connectivity index is 1.81. The third-order valence-electron chi connectivity index (χ3n) is 5.80. The second kappa shape index (κ2) is 9.70. The summed E-state index contributed by atoms with van der Waals surface area (Å²) in [5.41, 5.74) is 3.06. The van der Waals surface area contributed by atoms with E-state index in [0.29, 0.717) is 17.8 Å². The number of carbonyl (C=O) groups is 2. The Morgan fingerprint density at radius 2 is 1.66 bits per heavy atom. The lowest BCUT2D eigenvalue weighted by molar-refractivity contribution is -0.932. The Hall–Kier alpha value is -2.66. The van der Waals surface area contributed by atoms with E-state index in [4.69, 9.17) is 4.74 Å². The van der Waals surface area contributed by atoms with E-state index < -0.39 is 5.97 Å². The van der Waals surface area contributed by atoms with Crippen LogP contribution in [0.2, 0.25) is 0 Å². The number of quaternary nitrogens is 1. The van der Waals surface area contributed by atoms with Gasteiger partial charge in [-0.25, -0.2) is 4.79 Å². The van der Waals surface area contributed by atoms with Crippen LogP contribution in [0, 0.1) is 6.92 Å². The van der Waals surface area contributed by atoms with Crippen molar-refractivity contribution in [3.63, 3.8) is 0 Å². The summed E-state index contributed by atoms with van der Waals surface area (Å²) in [6.45, 7) is 5.15. The molecule has 1 aliphatic rings. The van der Waals surface area contributed by atoms with Crippen LogP contribution in [-0.2, 0) is 16.1 Å². The number of para-hydroxylation sites is 1. The van der Waals surface area contributed by atoms with Crippen molar-refractivity contribution in [2.75, 3.05) is 32.1 Å². The number of rotatable bonds is 6. The fraction of sp³-hybridized carbons (Fsp3) is 0.417. The van der Waals surface area contributed by atoms with Crippen molar-refractivity contribution in [2.45, 2.75) is 39.2 Å². The lowest BCUT2D eigenvalue weighted by Crippen LogP contribution is -2.52. The van der Waals surface area contributed by atoms with Gasteiger partial charge in [0, 0.05) is 5.56 Å². The Bertz CT molecular complexity index is 840. The number of aryl methyl sites for hydroxylation is 1. The molecule has 0 saturated carbocycles. The number of carbonyl (C=O) groups excluding carboxylic acids is 2. The number of likely N-dealkylation sites (tertiary alicyclic amines) is 1. The van der Waals surface area contributed by atoms with E-state index >= 15 is 0 Å². The number of nitrogens with zero attached hydrogens (tertiary/aromatic N) is 1. The molecule has 1 heterocycles. The zero-order valence-corrected chi connectivity index (χ0v) is 17.4. The van der Waals surface area contributed by atoms with Crippen LogP contribution in [0.15, 0.2) is 48.5 Å². The molecule has 29 heavy (non-hydrogen) atoms. The number of anilines is 1. The number of nitrogens with one attached hydrogen (secondary N) is 1. The molecule has 5 nitrogen and oxygen atoms in total. The molecule has 0 aliphatic carbocycles. The SMILES string of the molecule is COC(=O)c1cccc(C)c1NC(=O)C[N+]1(Cc2ccccc2)CCCCCC1. The summed E-state index contributed by atoms with van der Waals surface area (Å²) in [4.78, 5) is 25.3. The van der Waals surface area contributed by atoms with Crippen molar-refractivity contribution in [3.8, 4) is 0 Å². The van der Waals surface area contributed by atoms with E-state index in [-0.39, 0.29) is 5.91 Å². The van der Waals surface area contributed by atoms with Crippen molar-refractivity contribution in [2.24, 2.45) is 0 Å². The number of methoxy groups -OCH3 is 1. The van der Waals surface area contributed by atoms with Gasteiger partial charge in [-0.2, -0.15) is 0 Å². The first-order valence-electron chi connectivity index (χ1n) is 10.4. The Morgan fingerprint density at radius 3 is 2.31 bits per heavy atom. The standard InChI is InChI=1S/C24H30N2O3/c1-19-11-10-14-21(24(28)29-2)23(19)25-22(27)18-26(15-8-3-4-9-16-26)17-20-12-6-5-7-13-20/h5-7,10-14H,3-4,8-9,15-18H2,1-2H3/p+1. The average molecular weight is 396 g/mol. The van der Waals surface area contributed by atoms with Crippen LogP contribution in [0.5, 0.6) is 0 Å². The molecule has 1 fully saturated rings. The highest BCUT2D eigenvalue weighted by Gasteiger charge is 2.32. The Kier molecular flexibility index (Phi) is 7.04. The molecule has 1 N–H and O–H groups in total. The highest BCUT2D eigenvalue weighted by molar-refractivity contribution is 6.02. The number of ether oxygens (including phenoxy) is 1. The first-order valence-corrected chi connectivity index (χ1v) is 10.4. The zero-order valence-electron chi connectivity index (χ0n) is 17.4. The Morgan fingerprint density at radius 1 is 0.966 bits per heavy atom. The molecule has 5 heteroatoms. The summed E-state index contributed by atoms with van der Waals surface area (Å²) in [5.74, 6) is -0.491. The molecule has 2 aromatic carbocycles. The van der Waals surface area contributed by atoms with Gasteiger partial charge in [0.25, 0.3) is 5.91 Å². The number of benzene rings is 2. The number of esters is 1. The molecule has 1 aliphatic heterocycles. The second-order valence-electron chi connectivity index (χ2n) is 8.04. The minimum atomic E-state index is -0.438. The number of amides is 1. The van der Waals surface area contributed by atoms with Gasteiger partial charge in [0.1, 0.15) is 6.54 Å². The first kappa shape index (κ1) is 21.1. The monoisotopic (exact) mass is 395 g/mol. The van der Waals surface area contributed by atoms with Crippen LogP contribution < -0.4 is 5.32 Å². The lowest BCUT2D eigenvalue weighted by Gasteiger charge is -2.37. The minimum absolute atomic E-state index is 0.0534. The van der Waals surface area contributed by atoms with Gasteiger partial charge in [-0.1, -0.05) is 42.5 Å². The summed E-state index contributed by atoms with van der Waals surface area (Å²) >= 11 is 0. The zero-order chi connectivity index (χ0) is 20.7. The largest absolute Gasteiger partial charge is 0.465 e. The fourth-order valence-corrected chi connectivity index (χ4v) is 4.30. The molecule has 0 atom stereocenters. The van der Waals surface area contributed by atoms with Gasteiger partial charge < -0.3 is 14.5 Å². The van der Waals surface area contributed by atoms with E-state index in [2.05, 4.69) is 29.6 Å². The topological polar surface area (TPSA) is 55.4 Å². The summed E-state index contributed by atoms with van der Waals surface area (Å²) in [7, 11) is 1.35. The predicted octanol–water partition coefficient (Wildman–Crippen LogP) is 4.31. The molecule has 0 aromatic heterocycles. The predicted molar refractivity (Wildman–Crippen MR) is 115 cm³/mol. The molecular weight excluding hydrogens is 364 g/mol. The average Bonchev–Trinajstić information content (AvgIpc) is 2.95. The van der Waals surface area contributed by atoms with E-state index in [1.165, 1.54) is 25.5 Å². The number of hydrogen-bond acceptors (Lipinski definition) is 3. The molecule has 2 aromatic rings. The molecule has 0 unspecified atom stereocenters. The van der Waals surface area contributed by atoms with E-state index in [0.717, 1.165) is 42.5 Å². The number of hydrogen-bond donors (Lipinski definition) is 1. The van der Waals surface area contributed by atoms with Crippen LogP contribution in [0.1, 0.15) is 47.2 Å². The van der Waals surface area contributed by atoms with Crippen molar-refractivity contribution in [1.82, 2.24) is 0 Å². The molecule has 154 valence electrons. The van der Waals surface area contributed by atoms with Gasteiger partial charge in [0.05, 0.1) is 31.5 Å². The van der Waals surface area contributed by atoms with E-state index in [9.17, 15) is 9.59 Å². The fourth-order valence-electron chi connectivity index (χ4n) is 4.30. The molecule has 3 rings (SSSR count). The van der Waals surface area contributed by atoms with E-state index in [1.54, 1.807) is 12.1 Å². The summed E-state index contributed by atoms with van der Waals surface area (Å²) < 4.78 is 5.64. The summed E-state index contributed by atoms with van der Waals surface area (Å²) in [6, 6.07) is 15.8. The smallest absolute Gasteiger partial charge is 0.339 e. The van der Waals surface area contributed by atoms with Gasteiger partial charge in [0.15, 0.2) is 6.54 Å². The summed E-state index contributed by atoms with van der Waals surface area (Å²) in [5, 5.41) is 3.02. The maximum atomic E-state index is 13.1. The maximum absolute atomic E-state index is 13.1. The van der Waals surface area contributed by atoms with Crippen LogP contribution in [0.25, 0.3) is 0 Å². The molecule has 1 saturated heterocycles. The summed E-state index contributed by atoms with van der Waals surface area (Å²) in [6.07, 6.45) is 4.72. The second-order valence-corrected chi connectivity index (χ2v) is 8.04. The third kappa shape index (κ3) is 5.45. The van der Waals surface area contributed by atoms with Crippen LogP contribution in [0.4, 0.5) is 5.69 Å². The van der Waals surface area contributed by atoms with Crippen LogP contribution in [0.3, 0.4) is 0 Å². The lowest BCUT2D eigenvalue weighted by atomic mass is 10.1. The normalized spacial score (nSPS) is 15.9. The van der Waals surface area contributed by atoms with Crippen LogP contribution >= 0.6 is 0 Å². The van der Waals surface area contributed by atoms with Crippen LogP contribution in [-0.4, -0.2) is 43.1 Å². The van der Waals surface area contributed by atoms with Crippen molar-refractivity contribution in [1.29, 1.82) is 0 Å². The van der Waals surface area contributed by atoms with Crippen molar-refractivity contribution >= 4 is 17.6 Å². The molecule has 1 amide bonds. The first-order chi connectivity index (χ1) is 14.0. The quantitative estimate of drug-likeness (QED) is 0.586. The molecule has 0 spiro atoms. The van der Waals surface area contributed by atoms with Gasteiger partial charge >= 0.3 is 5.97 Å². The van der Waals surface area contributed by atoms with Gasteiger partial charge in [-0.3, -0.25) is 4.79 Å². The van der Waals surface area contributed by atoms with Crippen molar-refractivity contribution in [3.05, 3.63) is 65.2 Å². The molecular formula is C24H31N2O3+. The van der Waals surface area contributed by atoms with Gasteiger partial charge in [-0.15, -0.1) is 0 Å². The highest BCUT2D eigenvalue weighted by atomic mass is 16.5. The highest BCUT2D eigenvalue weighted by Crippen LogP contribution is 2.25. The molecule has 0 radical (unpaired) electrons. The van der Waals surface area contributed by atoms with E-state index in [1.807, 2.05) is 19.1 Å². The van der Waals surface area contributed by atoms with Crippen molar-refractivity contribution < 1.29 is 18.8 Å². The maximum Gasteiger partial charge on any atom is 0.339 e. The Labute approximate surface area is 173 Å². The molecule has 0 bridgehead atoms. The van der Waals surface area contributed by atoms with Gasteiger partial charge in [-0.05, 0) is 44.2 Å². The third-order valence-corrected chi connectivity index (χ3v) is 5.80.